The molecular formula is C14H23IN4O3. The predicted molar refractivity (Wildman–Crippen MR) is 96.4 cm³/mol. The Labute approximate surface area is 146 Å². The Kier molecular flexibility index (Phi) is 7.74. The number of nitrogens with zero attached hydrogens (tertiary/aromatic N) is 3. The first kappa shape index (κ1) is 20.6. The number of rotatable bonds is 6. The summed E-state index contributed by atoms with van der Waals surface area (Å²) in [4.78, 5) is 29.8. The number of H-pyrrole nitrogens is 1. The van der Waals surface area contributed by atoms with Crippen LogP contribution in [0.3, 0.4) is 0 Å². The Morgan fingerprint density at radius 2 is 2.00 bits per heavy atom. The molecule has 0 radical (unpaired) electrons. The van der Waals surface area contributed by atoms with Crippen LogP contribution in [0.5, 0.6) is 5.88 Å². The maximum absolute atomic E-state index is 12.2. The Balaban J connectivity index is 0.00000441. The molecule has 0 aromatic carbocycles. The third-order valence-corrected chi connectivity index (χ3v) is 2.94. The lowest BCUT2D eigenvalue weighted by atomic mass is 10.2. The van der Waals surface area contributed by atoms with Crippen LogP contribution < -0.4 is 16.4 Å². The van der Waals surface area contributed by atoms with E-state index in [1.54, 1.807) is 6.92 Å². The quantitative estimate of drug-likeness (QED) is 0.301. The summed E-state index contributed by atoms with van der Waals surface area (Å²) in [6, 6.07) is 0. The van der Waals surface area contributed by atoms with Crippen molar-refractivity contribution in [2.75, 3.05) is 34.2 Å². The summed E-state index contributed by atoms with van der Waals surface area (Å²) in [6.07, 6.45) is 1.43. The molecule has 1 aromatic rings. The molecule has 0 amide bonds. The van der Waals surface area contributed by atoms with E-state index in [9.17, 15) is 14.7 Å². The molecule has 7 nitrogen and oxygen atoms in total. The molecule has 0 aliphatic rings. The molecule has 0 unspecified atom stereocenters. The van der Waals surface area contributed by atoms with Gasteiger partial charge in [0.2, 0.25) is 0 Å². The highest BCUT2D eigenvalue weighted by molar-refractivity contribution is 14.0. The van der Waals surface area contributed by atoms with Gasteiger partial charge in [-0.25, -0.2) is 4.79 Å². The minimum Gasteiger partial charge on any atom is -0.859 e. The number of hydrogen-bond acceptors (Lipinski definition) is 4. The van der Waals surface area contributed by atoms with Crippen molar-refractivity contribution in [3.8, 4) is 5.88 Å². The molecule has 0 saturated heterocycles. The van der Waals surface area contributed by atoms with Gasteiger partial charge in [-0.1, -0.05) is 6.08 Å². The SMILES string of the molecule is C=CCn1c([O-])c(C(C)=NCC[N+](C)(C)C)c(=O)[nH]c1=O.I. The molecule has 22 heavy (non-hydrogen) atoms. The number of quaternary nitrogens is 1. The molecule has 0 saturated carbocycles. The van der Waals surface area contributed by atoms with Crippen molar-refractivity contribution in [1.29, 1.82) is 0 Å². The third kappa shape index (κ3) is 5.41. The predicted octanol–water partition coefficient (Wildman–Crippen LogP) is -0.0706. The van der Waals surface area contributed by atoms with E-state index in [2.05, 4.69) is 16.6 Å². The maximum atomic E-state index is 12.2. The number of likely N-dealkylation sites (N-methyl/N-ethyl adjacent to an activating group) is 1. The zero-order chi connectivity index (χ0) is 16.2. The van der Waals surface area contributed by atoms with Gasteiger partial charge in [0, 0.05) is 12.3 Å². The topological polar surface area (TPSA) is 90.3 Å². The summed E-state index contributed by atoms with van der Waals surface area (Å²) in [5.41, 5.74) is -1.17. The van der Waals surface area contributed by atoms with Crippen LogP contribution in [0.15, 0.2) is 27.2 Å². The van der Waals surface area contributed by atoms with Gasteiger partial charge in [-0.3, -0.25) is 14.8 Å². The van der Waals surface area contributed by atoms with E-state index in [0.717, 1.165) is 15.6 Å². The van der Waals surface area contributed by atoms with Crippen LogP contribution >= 0.6 is 24.0 Å². The van der Waals surface area contributed by atoms with E-state index < -0.39 is 17.1 Å². The lowest BCUT2D eigenvalue weighted by Crippen LogP contribution is -2.37. The fourth-order valence-corrected chi connectivity index (χ4v) is 1.76. The van der Waals surface area contributed by atoms with Crippen LogP contribution in [-0.2, 0) is 6.54 Å². The lowest BCUT2D eigenvalue weighted by Gasteiger charge is -2.23. The van der Waals surface area contributed by atoms with Crippen molar-refractivity contribution in [1.82, 2.24) is 9.55 Å². The molecule has 8 heteroatoms. The van der Waals surface area contributed by atoms with Crippen molar-refractivity contribution in [2.24, 2.45) is 4.99 Å². The van der Waals surface area contributed by atoms with E-state index in [-0.39, 0.29) is 36.1 Å². The Bertz CT molecular complexity index is 668. The van der Waals surface area contributed by atoms with Crippen molar-refractivity contribution in [3.05, 3.63) is 39.1 Å². The van der Waals surface area contributed by atoms with Gasteiger partial charge in [-0.2, -0.15) is 0 Å². The van der Waals surface area contributed by atoms with Gasteiger partial charge in [0.1, 0.15) is 0 Å². The van der Waals surface area contributed by atoms with Gasteiger partial charge in [0.25, 0.3) is 5.56 Å². The largest absolute Gasteiger partial charge is 0.859 e. The zero-order valence-corrected chi connectivity index (χ0v) is 15.7. The first-order chi connectivity index (χ1) is 9.67. The first-order valence-corrected chi connectivity index (χ1v) is 6.64. The number of aliphatic imine (C=N–C) groups is 1. The minimum absolute atomic E-state index is 0. The Morgan fingerprint density at radius 3 is 2.50 bits per heavy atom. The molecule has 0 aliphatic carbocycles. The average molecular weight is 422 g/mol. The zero-order valence-electron chi connectivity index (χ0n) is 13.4. The third-order valence-electron chi connectivity index (χ3n) is 2.94. The molecular weight excluding hydrogens is 399 g/mol. The number of allylic oxidation sites excluding steroid dienone is 1. The van der Waals surface area contributed by atoms with Crippen LogP contribution in [0.4, 0.5) is 0 Å². The molecule has 0 aliphatic heterocycles. The standard InChI is InChI=1S/C14H22N4O3.HI/c1-6-8-17-13(20)11(12(19)16-14(17)21)10(2)15-7-9-18(3,4)5;/h6H,1,7-9H2,2-5H3,(H-,15,16,19,20,21);1H. The van der Waals surface area contributed by atoms with Gasteiger partial charge < -0.3 is 14.2 Å². The van der Waals surface area contributed by atoms with Crippen molar-refractivity contribution < 1.29 is 9.59 Å². The van der Waals surface area contributed by atoms with E-state index in [1.807, 2.05) is 21.1 Å². The van der Waals surface area contributed by atoms with Crippen LogP contribution in [0.25, 0.3) is 0 Å². The smallest absolute Gasteiger partial charge is 0.328 e. The Hall–Kier alpha value is -1.42. The monoisotopic (exact) mass is 422 g/mol. The maximum Gasteiger partial charge on any atom is 0.328 e. The number of hydrogen-bond donors (Lipinski definition) is 1. The van der Waals surface area contributed by atoms with Gasteiger partial charge in [-0.15, -0.1) is 30.6 Å². The second kappa shape index (κ2) is 8.28. The molecule has 1 heterocycles. The van der Waals surface area contributed by atoms with Gasteiger partial charge >= 0.3 is 5.69 Å². The molecule has 1 aromatic heterocycles. The van der Waals surface area contributed by atoms with E-state index in [4.69, 9.17) is 0 Å². The fraction of sp³-hybridized carbons (Fsp3) is 0.500. The summed E-state index contributed by atoms with van der Waals surface area (Å²) in [6.45, 7) is 6.41. The number of nitrogens with one attached hydrogen (secondary N) is 1. The van der Waals surface area contributed by atoms with Crippen molar-refractivity contribution in [2.45, 2.75) is 13.5 Å². The normalized spacial score (nSPS) is 11.9. The lowest BCUT2D eigenvalue weighted by molar-refractivity contribution is -0.868. The molecule has 1 rings (SSSR count). The summed E-state index contributed by atoms with van der Waals surface area (Å²) in [7, 11) is 6.09. The number of aromatic nitrogens is 2. The van der Waals surface area contributed by atoms with E-state index in [0.29, 0.717) is 12.3 Å². The fourth-order valence-electron chi connectivity index (χ4n) is 1.76. The van der Waals surface area contributed by atoms with Crippen LogP contribution in [0, 0.1) is 0 Å². The second-order valence-corrected chi connectivity index (χ2v) is 5.82. The van der Waals surface area contributed by atoms with Crippen molar-refractivity contribution in [3.63, 3.8) is 0 Å². The summed E-state index contributed by atoms with van der Waals surface area (Å²) >= 11 is 0. The molecule has 0 atom stereocenters. The summed E-state index contributed by atoms with van der Waals surface area (Å²) in [5.74, 6) is -0.629. The molecule has 1 N–H and O–H groups in total. The molecule has 124 valence electrons. The van der Waals surface area contributed by atoms with Gasteiger partial charge in [0.15, 0.2) is 0 Å². The number of halogens is 1. The van der Waals surface area contributed by atoms with E-state index in [1.165, 1.54) is 6.08 Å². The second-order valence-electron chi connectivity index (χ2n) is 5.82. The molecule has 0 fully saturated rings. The summed E-state index contributed by atoms with van der Waals surface area (Å²) in [5, 5.41) is 12.2. The highest BCUT2D eigenvalue weighted by atomic mass is 127. The molecule has 0 spiro atoms. The van der Waals surface area contributed by atoms with Gasteiger partial charge in [-0.05, 0) is 12.8 Å². The highest BCUT2D eigenvalue weighted by Gasteiger charge is 2.11. The Morgan fingerprint density at radius 1 is 1.41 bits per heavy atom. The van der Waals surface area contributed by atoms with Crippen LogP contribution in [0.2, 0.25) is 0 Å². The van der Waals surface area contributed by atoms with Crippen LogP contribution in [-0.4, -0.2) is 54.0 Å². The van der Waals surface area contributed by atoms with E-state index >= 15 is 0 Å². The van der Waals surface area contributed by atoms with Gasteiger partial charge in [0.05, 0.1) is 39.8 Å². The molecule has 0 bridgehead atoms. The summed E-state index contributed by atoms with van der Waals surface area (Å²) < 4.78 is 1.66. The first-order valence-electron chi connectivity index (χ1n) is 6.64. The van der Waals surface area contributed by atoms with Crippen LogP contribution in [0.1, 0.15) is 12.5 Å². The van der Waals surface area contributed by atoms with Crippen molar-refractivity contribution >= 4 is 29.7 Å². The minimum atomic E-state index is -0.729. The average Bonchev–Trinajstić information content (AvgIpc) is 2.32. The highest BCUT2D eigenvalue weighted by Crippen LogP contribution is 2.07. The number of aromatic amines is 1.